The second-order valence-corrected chi connectivity index (χ2v) is 6.22. The van der Waals surface area contributed by atoms with E-state index in [1.165, 1.54) is 36.8 Å². The van der Waals surface area contributed by atoms with Gasteiger partial charge in [-0.15, -0.1) is 0 Å². The number of rotatable bonds is 3. The van der Waals surface area contributed by atoms with E-state index in [1.54, 1.807) is 0 Å². The number of hydrogen-bond acceptors (Lipinski definition) is 2. The maximum absolute atomic E-state index is 6.14. The van der Waals surface area contributed by atoms with Gasteiger partial charge in [0.2, 0.25) is 0 Å². The van der Waals surface area contributed by atoms with Crippen LogP contribution in [0.3, 0.4) is 0 Å². The fourth-order valence-electron chi connectivity index (χ4n) is 3.31. The Kier molecular flexibility index (Phi) is 4.41. The summed E-state index contributed by atoms with van der Waals surface area (Å²) in [6, 6.07) is 8.69. The molecule has 0 bridgehead atoms. The first-order valence-corrected chi connectivity index (χ1v) is 7.98. The minimum absolute atomic E-state index is 0.419. The monoisotopic (exact) mass is 271 g/mol. The van der Waals surface area contributed by atoms with Gasteiger partial charge in [-0.2, -0.15) is 0 Å². The molecule has 1 saturated carbocycles. The Morgan fingerprint density at radius 3 is 2.70 bits per heavy atom. The summed E-state index contributed by atoms with van der Waals surface area (Å²) >= 11 is 0. The molecule has 1 fully saturated rings. The van der Waals surface area contributed by atoms with E-state index in [2.05, 4.69) is 42.6 Å². The second kappa shape index (κ2) is 6.45. The lowest BCUT2D eigenvalue weighted by Gasteiger charge is -2.27. The molecule has 1 aromatic carbocycles. The molecular formula is C18H25NO. The highest BCUT2D eigenvalue weighted by molar-refractivity contribution is 5.67. The molecule has 0 amide bonds. The van der Waals surface area contributed by atoms with Gasteiger partial charge in [0.15, 0.2) is 0 Å². The predicted octanol–water partition coefficient (Wildman–Crippen LogP) is 4.02. The van der Waals surface area contributed by atoms with Crippen molar-refractivity contribution in [1.82, 2.24) is 5.32 Å². The molecule has 0 saturated heterocycles. The van der Waals surface area contributed by atoms with Crippen molar-refractivity contribution in [2.75, 3.05) is 13.1 Å². The van der Waals surface area contributed by atoms with Gasteiger partial charge in [0, 0.05) is 6.54 Å². The molecule has 2 nitrogen and oxygen atoms in total. The van der Waals surface area contributed by atoms with Crippen molar-refractivity contribution in [1.29, 1.82) is 0 Å². The Bertz CT molecular complexity index is 463. The summed E-state index contributed by atoms with van der Waals surface area (Å²) < 4.78 is 6.14. The Balaban J connectivity index is 1.62. The Hall–Kier alpha value is -1.28. The maximum atomic E-state index is 6.14. The zero-order chi connectivity index (χ0) is 13.8. The smallest absolute Gasteiger partial charge is 0.119 e. The van der Waals surface area contributed by atoms with Crippen LogP contribution in [0.5, 0.6) is 5.75 Å². The third kappa shape index (κ3) is 3.43. The van der Waals surface area contributed by atoms with Crippen LogP contribution < -0.4 is 10.1 Å². The van der Waals surface area contributed by atoms with Crippen LogP contribution in [0, 0.1) is 5.92 Å². The first-order valence-electron chi connectivity index (χ1n) is 7.98. The van der Waals surface area contributed by atoms with Gasteiger partial charge in [-0.3, -0.25) is 0 Å². The molecule has 108 valence electrons. The van der Waals surface area contributed by atoms with E-state index in [0.717, 1.165) is 31.2 Å². The average Bonchev–Trinajstić information content (AvgIpc) is 2.49. The highest BCUT2D eigenvalue weighted by Crippen LogP contribution is 2.28. The van der Waals surface area contributed by atoms with Gasteiger partial charge < -0.3 is 10.1 Å². The molecule has 2 aliphatic rings. The molecule has 1 N–H and O–H groups in total. The van der Waals surface area contributed by atoms with Crippen molar-refractivity contribution in [3.8, 4) is 5.75 Å². The second-order valence-electron chi connectivity index (χ2n) is 6.22. The van der Waals surface area contributed by atoms with Crippen LogP contribution in [0.15, 0.2) is 30.3 Å². The molecule has 1 aliphatic carbocycles. The summed E-state index contributed by atoms with van der Waals surface area (Å²) in [5.74, 6) is 1.84. The molecule has 2 atom stereocenters. The van der Waals surface area contributed by atoms with Gasteiger partial charge in [0.1, 0.15) is 5.75 Å². The van der Waals surface area contributed by atoms with Crippen LogP contribution in [0.25, 0.3) is 5.57 Å². The fourth-order valence-corrected chi connectivity index (χ4v) is 3.31. The third-order valence-electron chi connectivity index (χ3n) is 4.48. The lowest BCUT2D eigenvalue weighted by Crippen LogP contribution is -2.24. The van der Waals surface area contributed by atoms with Crippen molar-refractivity contribution in [3.63, 3.8) is 0 Å². The molecule has 1 heterocycles. The van der Waals surface area contributed by atoms with E-state index < -0.39 is 0 Å². The van der Waals surface area contributed by atoms with Gasteiger partial charge in [-0.25, -0.2) is 0 Å². The number of nitrogens with one attached hydrogen (secondary N) is 1. The highest BCUT2D eigenvalue weighted by Gasteiger charge is 2.20. The summed E-state index contributed by atoms with van der Waals surface area (Å²) in [6.07, 6.45) is 8.93. The zero-order valence-electron chi connectivity index (χ0n) is 12.4. The standard InChI is InChI=1S/C18H25NO/c1-14-3-2-4-18(13-14)20-17-7-5-15(6-8-17)16-9-11-19-12-10-16/h5-9,14,18-19H,2-4,10-13H2,1H3. The lowest BCUT2D eigenvalue weighted by molar-refractivity contribution is 0.129. The summed E-state index contributed by atoms with van der Waals surface area (Å²) in [7, 11) is 0. The van der Waals surface area contributed by atoms with E-state index >= 15 is 0 Å². The van der Waals surface area contributed by atoms with E-state index in [-0.39, 0.29) is 0 Å². The van der Waals surface area contributed by atoms with Gasteiger partial charge in [-0.1, -0.05) is 31.6 Å². The first kappa shape index (κ1) is 13.7. The number of benzene rings is 1. The first-order chi connectivity index (χ1) is 9.81. The fraction of sp³-hybridized carbons (Fsp3) is 0.556. The van der Waals surface area contributed by atoms with E-state index in [1.807, 2.05) is 0 Å². The molecule has 2 heteroatoms. The molecule has 0 aromatic heterocycles. The Labute approximate surface area is 122 Å². The predicted molar refractivity (Wildman–Crippen MR) is 84.0 cm³/mol. The zero-order valence-corrected chi connectivity index (χ0v) is 12.4. The highest BCUT2D eigenvalue weighted by atomic mass is 16.5. The van der Waals surface area contributed by atoms with Crippen LogP contribution in [-0.4, -0.2) is 19.2 Å². The Morgan fingerprint density at radius 2 is 2.00 bits per heavy atom. The van der Waals surface area contributed by atoms with Crippen LogP contribution in [0.1, 0.15) is 44.6 Å². The number of hydrogen-bond donors (Lipinski definition) is 1. The van der Waals surface area contributed by atoms with E-state index in [9.17, 15) is 0 Å². The van der Waals surface area contributed by atoms with Gasteiger partial charge in [0.25, 0.3) is 0 Å². The minimum atomic E-state index is 0.419. The summed E-state index contributed by atoms with van der Waals surface area (Å²) in [4.78, 5) is 0. The summed E-state index contributed by atoms with van der Waals surface area (Å²) in [5.41, 5.74) is 2.80. The summed E-state index contributed by atoms with van der Waals surface area (Å²) in [6.45, 7) is 4.42. The van der Waals surface area contributed by atoms with E-state index in [4.69, 9.17) is 4.74 Å². The normalized spacial score (nSPS) is 26.9. The topological polar surface area (TPSA) is 21.3 Å². The molecule has 1 aliphatic heterocycles. The van der Waals surface area contributed by atoms with Gasteiger partial charge >= 0.3 is 0 Å². The van der Waals surface area contributed by atoms with Crippen molar-refractivity contribution >= 4 is 5.57 Å². The largest absolute Gasteiger partial charge is 0.490 e. The molecule has 1 aromatic rings. The van der Waals surface area contributed by atoms with Crippen LogP contribution in [0.4, 0.5) is 0 Å². The van der Waals surface area contributed by atoms with Gasteiger partial charge in [-0.05, 0) is 61.4 Å². The van der Waals surface area contributed by atoms with Crippen LogP contribution >= 0.6 is 0 Å². The summed E-state index contributed by atoms with van der Waals surface area (Å²) in [5, 5.41) is 3.35. The SMILES string of the molecule is CC1CCCC(Oc2ccc(C3=CCNCC3)cc2)C1. The van der Waals surface area contributed by atoms with E-state index in [0.29, 0.717) is 6.10 Å². The quantitative estimate of drug-likeness (QED) is 0.896. The Morgan fingerprint density at radius 1 is 1.15 bits per heavy atom. The third-order valence-corrected chi connectivity index (χ3v) is 4.48. The lowest BCUT2D eigenvalue weighted by atomic mass is 9.89. The molecule has 0 radical (unpaired) electrons. The van der Waals surface area contributed by atoms with Crippen molar-refractivity contribution in [3.05, 3.63) is 35.9 Å². The van der Waals surface area contributed by atoms with Gasteiger partial charge in [0.05, 0.1) is 6.10 Å². The van der Waals surface area contributed by atoms with Crippen molar-refractivity contribution in [2.24, 2.45) is 5.92 Å². The molecule has 0 spiro atoms. The van der Waals surface area contributed by atoms with Crippen molar-refractivity contribution < 1.29 is 4.74 Å². The van der Waals surface area contributed by atoms with Crippen LogP contribution in [-0.2, 0) is 0 Å². The van der Waals surface area contributed by atoms with Crippen LogP contribution in [0.2, 0.25) is 0 Å². The average molecular weight is 271 g/mol. The molecule has 3 rings (SSSR count). The van der Waals surface area contributed by atoms with Crippen molar-refractivity contribution in [2.45, 2.75) is 45.1 Å². The molecule has 2 unspecified atom stereocenters. The minimum Gasteiger partial charge on any atom is -0.490 e. The number of ether oxygens (including phenoxy) is 1. The maximum Gasteiger partial charge on any atom is 0.119 e. The molecular weight excluding hydrogens is 246 g/mol. The molecule has 20 heavy (non-hydrogen) atoms.